The first-order valence-electron chi connectivity index (χ1n) is 9.79. The van der Waals surface area contributed by atoms with Crippen LogP contribution in [0.1, 0.15) is 30.2 Å². The second-order valence-electron chi connectivity index (χ2n) is 7.16. The molecule has 0 aliphatic carbocycles. The number of alkyl halides is 3. The third-order valence-electron chi connectivity index (χ3n) is 5.03. The van der Waals surface area contributed by atoms with Gasteiger partial charge in [-0.15, -0.1) is 0 Å². The zero-order chi connectivity index (χ0) is 21.0. The maximum atomic E-state index is 13.4. The van der Waals surface area contributed by atoms with Gasteiger partial charge in [0.15, 0.2) is 11.5 Å². The number of hydrogen-bond donors (Lipinski definition) is 1. The van der Waals surface area contributed by atoms with Crippen LogP contribution in [0, 0.1) is 5.92 Å². The van der Waals surface area contributed by atoms with Gasteiger partial charge in [-0.2, -0.15) is 13.2 Å². The van der Waals surface area contributed by atoms with E-state index >= 15 is 0 Å². The van der Waals surface area contributed by atoms with Crippen molar-refractivity contribution in [3.8, 4) is 11.5 Å². The van der Waals surface area contributed by atoms with Crippen molar-refractivity contribution < 1.29 is 17.9 Å². The minimum Gasteiger partial charge on any atom is -0.373 e. The number of rotatable bonds is 5. The molecule has 0 bridgehead atoms. The van der Waals surface area contributed by atoms with E-state index in [1.807, 2.05) is 30.3 Å². The molecule has 0 radical (unpaired) electrons. The van der Waals surface area contributed by atoms with Crippen molar-refractivity contribution in [3.05, 3.63) is 72.1 Å². The molecule has 2 unspecified atom stereocenters. The van der Waals surface area contributed by atoms with E-state index in [0.717, 1.165) is 24.5 Å². The van der Waals surface area contributed by atoms with Gasteiger partial charge in [-0.05, 0) is 30.5 Å². The van der Waals surface area contributed by atoms with E-state index in [0.29, 0.717) is 13.2 Å². The van der Waals surface area contributed by atoms with Gasteiger partial charge in [0.25, 0.3) is 0 Å². The second-order valence-corrected chi connectivity index (χ2v) is 7.16. The van der Waals surface area contributed by atoms with Crippen molar-refractivity contribution in [3.63, 3.8) is 0 Å². The molecule has 8 heteroatoms. The molecular weight excluding hydrogens is 393 g/mol. The number of nitrogens with zero attached hydrogens (tertiary/aromatic N) is 3. The predicted octanol–water partition coefficient (Wildman–Crippen LogP) is 5.14. The fourth-order valence-electron chi connectivity index (χ4n) is 3.59. The monoisotopic (exact) mass is 414 g/mol. The molecule has 0 spiro atoms. The van der Waals surface area contributed by atoms with Crippen molar-refractivity contribution in [1.82, 2.24) is 15.0 Å². The van der Waals surface area contributed by atoms with Crippen molar-refractivity contribution >= 4 is 5.82 Å². The molecule has 1 fully saturated rings. The molecule has 3 heterocycles. The number of anilines is 1. The molecule has 2 atom stereocenters. The Morgan fingerprint density at radius 1 is 1.03 bits per heavy atom. The molecule has 156 valence electrons. The van der Waals surface area contributed by atoms with Crippen LogP contribution in [0.25, 0.3) is 11.5 Å². The minimum absolute atomic E-state index is 0.0626. The first-order chi connectivity index (χ1) is 14.5. The van der Waals surface area contributed by atoms with Crippen LogP contribution in [0.2, 0.25) is 0 Å². The number of ether oxygens (including phenoxy) is 1. The second kappa shape index (κ2) is 8.79. The highest BCUT2D eigenvalue weighted by Crippen LogP contribution is 2.34. The van der Waals surface area contributed by atoms with Gasteiger partial charge in [0.05, 0.1) is 6.10 Å². The summed E-state index contributed by atoms with van der Waals surface area (Å²) in [5.74, 6) is 0.173. The molecule has 2 aromatic heterocycles. The SMILES string of the molecule is FC(F)(F)c1cc(NCC2CCCOC2c2ccccc2)nc(-c2ccccn2)n1. The summed E-state index contributed by atoms with van der Waals surface area (Å²) in [5.41, 5.74) is 0.354. The number of nitrogens with one attached hydrogen (secondary N) is 1. The Labute approximate surface area is 172 Å². The highest BCUT2D eigenvalue weighted by atomic mass is 19.4. The van der Waals surface area contributed by atoms with E-state index in [2.05, 4.69) is 20.3 Å². The lowest BCUT2D eigenvalue weighted by Gasteiger charge is -2.32. The molecule has 1 aliphatic rings. The van der Waals surface area contributed by atoms with E-state index in [4.69, 9.17) is 4.74 Å². The Morgan fingerprint density at radius 2 is 1.83 bits per heavy atom. The highest BCUT2D eigenvalue weighted by Gasteiger charge is 2.34. The van der Waals surface area contributed by atoms with Crippen molar-refractivity contribution in [2.45, 2.75) is 25.1 Å². The summed E-state index contributed by atoms with van der Waals surface area (Å²) in [5, 5.41) is 3.08. The number of pyridine rings is 1. The lowest BCUT2D eigenvalue weighted by atomic mass is 9.89. The quantitative estimate of drug-likeness (QED) is 0.627. The molecule has 1 N–H and O–H groups in total. The minimum atomic E-state index is -4.58. The standard InChI is InChI=1S/C22H21F3N4O/c23-22(24,25)18-13-19(29-21(28-18)17-10-4-5-11-26-17)27-14-16-9-6-12-30-20(16)15-7-2-1-3-8-15/h1-5,7-8,10-11,13,16,20H,6,9,12,14H2,(H,27,28,29). The molecular formula is C22H21F3N4O. The van der Waals surface area contributed by atoms with E-state index in [9.17, 15) is 13.2 Å². The van der Waals surface area contributed by atoms with Crippen LogP contribution < -0.4 is 5.32 Å². The van der Waals surface area contributed by atoms with Crippen LogP contribution >= 0.6 is 0 Å². The fraction of sp³-hybridized carbons (Fsp3) is 0.318. The molecule has 1 aliphatic heterocycles. The largest absolute Gasteiger partial charge is 0.433 e. The summed E-state index contributed by atoms with van der Waals surface area (Å²) >= 11 is 0. The van der Waals surface area contributed by atoms with Crippen LogP contribution in [0.4, 0.5) is 19.0 Å². The Bertz CT molecular complexity index is 967. The number of halogens is 3. The third kappa shape index (κ3) is 4.76. The molecule has 1 saturated heterocycles. The van der Waals surface area contributed by atoms with Gasteiger partial charge in [0.1, 0.15) is 11.5 Å². The Hall–Kier alpha value is -3.00. The van der Waals surface area contributed by atoms with Gasteiger partial charge in [-0.1, -0.05) is 36.4 Å². The maximum absolute atomic E-state index is 13.4. The fourth-order valence-corrected chi connectivity index (χ4v) is 3.59. The predicted molar refractivity (Wildman–Crippen MR) is 107 cm³/mol. The van der Waals surface area contributed by atoms with Crippen LogP contribution in [0.15, 0.2) is 60.8 Å². The average Bonchev–Trinajstić information content (AvgIpc) is 2.78. The topological polar surface area (TPSA) is 59.9 Å². The molecule has 30 heavy (non-hydrogen) atoms. The zero-order valence-corrected chi connectivity index (χ0v) is 16.1. The zero-order valence-electron chi connectivity index (χ0n) is 16.1. The summed E-state index contributed by atoms with van der Waals surface area (Å²) in [6.07, 6.45) is -1.37. The van der Waals surface area contributed by atoms with Gasteiger partial charge in [-0.3, -0.25) is 4.98 Å². The summed E-state index contributed by atoms with van der Waals surface area (Å²) in [6, 6.07) is 15.8. The average molecular weight is 414 g/mol. The number of aromatic nitrogens is 3. The van der Waals surface area contributed by atoms with Crippen LogP contribution in [0.5, 0.6) is 0 Å². The van der Waals surface area contributed by atoms with E-state index in [1.54, 1.807) is 18.2 Å². The maximum Gasteiger partial charge on any atom is 0.433 e. The normalized spacial score (nSPS) is 19.4. The Morgan fingerprint density at radius 3 is 2.57 bits per heavy atom. The van der Waals surface area contributed by atoms with Gasteiger partial charge < -0.3 is 10.1 Å². The van der Waals surface area contributed by atoms with Gasteiger partial charge in [0, 0.05) is 31.3 Å². The molecule has 5 nitrogen and oxygen atoms in total. The Kier molecular flexibility index (Phi) is 5.94. The molecule has 4 rings (SSSR count). The lowest BCUT2D eigenvalue weighted by molar-refractivity contribution is -0.141. The molecule has 0 amide bonds. The summed E-state index contributed by atoms with van der Waals surface area (Å²) in [7, 11) is 0. The Balaban J connectivity index is 1.57. The van der Waals surface area contributed by atoms with E-state index in [-0.39, 0.29) is 29.4 Å². The molecule has 3 aromatic rings. The van der Waals surface area contributed by atoms with E-state index < -0.39 is 11.9 Å². The first-order valence-corrected chi connectivity index (χ1v) is 9.79. The number of benzene rings is 1. The van der Waals surface area contributed by atoms with Crippen LogP contribution in [0.3, 0.4) is 0 Å². The van der Waals surface area contributed by atoms with Gasteiger partial charge in [0.2, 0.25) is 0 Å². The van der Waals surface area contributed by atoms with Gasteiger partial charge >= 0.3 is 6.18 Å². The summed E-state index contributed by atoms with van der Waals surface area (Å²) < 4.78 is 46.1. The van der Waals surface area contributed by atoms with Gasteiger partial charge in [-0.25, -0.2) is 9.97 Å². The third-order valence-corrected chi connectivity index (χ3v) is 5.03. The van der Waals surface area contributed by atoms with Crippen molar-refractivity contribution in [1.29, 1.82) is 0 Å². The molecule has 1 aromatic carbocycles. The number of hydrogen-bond acceptors (Lipinski definition) is 5. The van der Waals surface area contributed by atoms with E-state index in [1.165, 1.54) is 6.20 Å². The summed E-state index contributed by atoms with van der Waals surface area (Å²) in [4.78, 5) is 12.0. The highest BCUT2D eigenvalue weighted by molar-refractivity contribution is 5.53. The first kappa shape index (κ1) is 20.3. The molecule has 0 saturated carbocycles. The van der Waals surface area contributed by atoms with Crippen molar-refractivity contribution in [2.24, 2.45) is 5.92 Å². The van der Waals surface area contributed by atoms with Crippen LogP contribution in [-0.4, -0.2) is 28.1 Å². The van der Waals surface area contributed by atoms with Crippen molar-refractivity contribution in [2.75, 3.05) is 18.5 Å². The lowest BCUT2D eigenvalue weighted by Crippen LogP contribution is -2.28. The summed E-state index contributed by atoms with van der Waals surface area (Å²) in [6.45, 7) is 1.11. The van der Waals surface area contributed by atoms with Crippen LogP contribution in [-0.2, 0) is 10.9 Å². The smallest absolute Gasteiger partial charge is 0.373 e.